The van der Waals surface area contributed by atoms with Crippen molar-refractivity contribution in [3.8, 4) is 11.5 Å². The second-order valence-electron chi connectivity index (χ2n) is 6.47. The van der Waals surface area contributed by atoms with Gasteiger partial charge in [-0.1, -0.05) is 11.6 Å². The van der Waals surface area contributed by atoms with Gasteiger partial charge in [-0.05, 0) is 30.7 Å². The van der Waals surface area contributed by atoms with Gasteiger partial charge in [-0.25, -0.2) is 0 Å². The van der Waals surface area contributed by atoms with E-state index in [1.807, 2.05) is 42.7 Å². The number of ether oxygens (including phenoxy) is 2. The Balaban J connectivity index is 0.00000420. The van der Waals surface area contributed by atoms with Crippen LogP contribution in [0.2, 0.25) is 5.02 Å². The summed E-state index contributed by atoms with van der Waals surface area (Å²) in [6.07, 6.45) is 1.09. The lowest BCUT2D eigenvalue weighted by atomic mass is 10.1. The Morgan fingerprint density at radius 2 is 1.86 bits per heavy atom. The van der Waals surface area contributed by atoms with E-state index in [9.17, 15) is 5.11 Å². The van der Waals surface area contributed by atoms with E-state index in [1.165, 1.54) is 0 Å². The molecule has 1 unspecified atom stereocenters. The molecule has 2 N–H and O–H groups in total. The van der Waals surface area contributed by atoms with Crippen LogP contribution in [0.25, 0.3) is 0 Å². The highest BCUT2D eigenvalue weighted by Crippen LogP contribution is 2.26. The summed E-state index contributed by atoms with van der Waals surface area (Å²) in [7, 11) is 7.07. The molecule has 1 aromatic carbocycles. The van der Waals surface area contributed by atoms with Crippen LogP contribution in [0.1, 0.15) is 24.3 Å². The summed E-state index contributed by atoms with van der Waals surface area (Å²) in [6.45, 7) is 3.57. The van der Waals surface area contributed by atoms with Crippen molar-refractivity contribution in [3.05, 3.63) is 46.7 Å². The lowest BCUT2D eigenvalue weighted by molar-refractivity contribution is 0.185. The number of hydrogen-bond acceptors (Lipinski definition) is 4. The summed E-state index contributed by atoms with van der Waals surface area (Å²) in [5.74, 6) is 1.96. The van der Waals surface area contributed by atoms with Crippen LogP contribution >= 0.6 is 35.6 Å². The Hall–Kier alpha value is -1.65. The third-order valence-corrected chi connectivity index (χ3v) is 4.55. The quantitative estimate of drug-likeness (QED) is 0.307. The summed E-state index contributed by atoms with van der Waals surface area (Å²) >= 11 is 6.07. The Labute approximate surface area is 194 Å². The first-order valence-electron chi connectivity index (χ1n) is 9.09. The van der Waals surface area contributed by atoms with Gasteiger partial charge in [0.1, 0.15) is 11.5 Å². The molecule has 0 radical (unpaired) electrons. The van der Waals surface area contributed by atoms with Crippen LogP contribution in [-0.4, -0.2) is 54.9 Å². The first-order valence-corrected chi connectivity index (χ1v) is 9.47. The second-order valence-corrected chi connectivity index (χ2v) is 6.91. The maximum atomic E-state index is 10.6. The lowest BCUT2D eigenvalue weighted by Crippen LogP contribution is -2.39. The van der Waals surface area contributed by atoms with Gasteiger partial charge in [-0.15, -0.1) is 24.0 Å². The largest absolute Gasteiger partial charge is 0.497 e. The molecule has 0 saturated heterocycles. The molecule has 1 atom stereocenters. The van der Waals surface area contributed by atoms with Crippen LogP contribution < -0.4 is 14.8 Å². The van der Waals surface area contributed by atoms with E-state index in [0.717, 1.165) is 12.2 Å². The molecule has 0 amide bonds. The summed E-state index contributed by atoms with van der Waals surface area (Å²) in [5.41, 5.74) is 1.75. The Morgan fingerprint density at radius 3 is 2.34 bits per heavy atom. The molecule has 0 saturated carbocycles. The number of methoxy groups -OCH3 is 2. The molecule has 162 valence electrons. The zero-order valence-electron chi connectivity index (χ0n) is 17.5. The van der Waals surface area contributed by atoms with E-state index in [1.54, 1.807) is 32.4 Å². The smallest absolute Gasteiger partial charge is 0.194 e. The number of aliphatic hydroxyl groups is 1. The van der Waals surface area contributed by atoms with Crippen molar-refractivity contribution in [2.45, 2.75) is 19.6 Å². The number of rotatable bonds is 8. The predicted molar refractivity (Wildman–Crippen MR) is 128 cm³/mol. The standard InChI is InChI=1S/C20H29ClN4O3.HI/c1-6-22-20(25(3)13-16-9-15(21)12-24(16)2)23-11-19(26)14-7-17(27-4)10-18(8-14)28-5;/h7-10,12,19,26H,6,11,13H2,1-5H3,(H,22,23);1H. The topological polar surface area (TPSA) is 71.2 Å². The van der Waals surface area contributed by atoms with Crippen LogP contribution in [0.3, 0.4) is 0 Å². The van der Waals surface area contributed by atoms with Crippen molar-refractivity contribution in [2.24, 2.45) is 12.0 Å². The second kappa shape index (κ2) is 12.1. The highest BCUT2D eigenvalue weighted by Gasteiger charge is 2.14. The number of benzene rings is 1. The predicted octanol–water partition coefficient (Wildman–Crippen LogP) is 3.44. The number of guanidine groups is 1. The van der Waals surface area contributed by atoms with Gasteiger partial charge < -0.3 is 29.4 Å². The van der Waals surface area contributed by atoms with Crippen LogP contribution in [-0.2, 0) is 13.6 Å². The minimum atomic E-state index is -0.782. The fourth-order valence-corrected chi connectivity index (χ4v) is 3.08. The number of aromatic nitrogens is 1. The maximum Gasteiger partial charge on any atom is 0.194 e. The summed E-state index contributed by atoms with van der Waals surface area (Å²) in [4.78, 5) is 6.58. The molecule has 2 aromatic rings. The zero-order valence-corrected chi connectivity index (χ0v) is 20.6. The highest BCUT2D eigenvalue weighted by molar-refractivity contribution is 14.0. The molecule has 0 aliphatic heterocycles. The molecule has 0 aliphatic rings. The number of aliphatic hydroxyl groups excluding tert-OH is 1. The normalized spacial score (nSPS) is 12.2. The number of aryl methyl sites for hydroxylation is 1. The SMILES string of the molecule is CCNC(=NCC(O)c1cc(OC)cc(OC)c1)N(C)Cc1cc(Cl)cn1C.I. The van der Waals surface area contributed by atoms with Gasteiger partial charge in [-0.2, -0.15) is 0 Å². The summed E-state index contributed by atoms with van der Waals surface area (Å²) in [6, 6.07) is 7.26. The number of hydrogen-bond donors (Lipinski definition) is 2. The molecule has 1 heterocycles. The van der Waals surface area contributed by atoms with E-state index >= 15 is 0 Å². The average Bonchev–Trinajstić information content (AvgIpc) is 3.00. The third-order valence-electron chi connectivity index (χ3n) is 4.34. The van der Waals surface area contributed by atoms with Crippen molar-refractivity contribution in [3.63, 3.8) is 0 Å². The monoisotopic (exact) mass is 536 g/mol. The van der Waals surface area contributed by atoms with Crippen molar-refractivity contribution in [2.75, 3.05) is 34.4 Å². The fraction of sp³-hybridized carbons (Fsp3) is 0.450. The number of halogens is 2. The lowest BCUT2D eigenvalue weighted by Gasteiger charge is -2.23. The molecule has 0 spiro atoms. The molecule has 0 fully saturated rings. The van der Waals surface area contributed by atoms with E-state index < -0.39 is 6.10 Å². The maximum absolute atomic E-state index is 10.6. The Kier molecular flexibility index (Phi) is 10.6. The number of nitrogens with one attached hydrogen (secondary N) is 1. The third kappa shape index (κ3) is 7.27. The number of aliphatic imine (C=N–C) groups is 1. The van der Waals surface area contributed by atoms with E-state index in [-0.39, 0.29) is 30.5 Å². The molecule has 0 bridgehead atoms. The average molecular weight is 537 g/mol. The fourth-order valence-electron chi connectivity index (χ4n) is 2.81. The van der Waals surface area contributed by atoms with E-state index in [2.05, 4.69) is 10.3 Å². The van der Waals surface area contributed by atoms with Gasteiger partial charge in [-0.3, -0.25) is 4.99 Å². The van der Waals surface area contributed by atoms with E-state index in [0.29, 0.717) is 34.6 Å². The van der Waals surface area contributed by atoms with Gasteiger partial charge >= 0.3 is 0 Å². The highest BCUT2D eigenvalue weighted by atomic mass is 127. The molecular weight excluding hydrogens is 507 g/mol. The minimum absolute atomic E-state index is 0. The number of nitrogens with zero attached hydrogens (tertiary/aromatic N) is 3. The van der Waals surface area contributed by atoms with Crippen LogP contribution in [0, 0.1) is 0 Å². The van der Waals surface area contributed by atoms with Crippen LogP contribution in [0.15, 0.2) is 35.5 Å². The molecule has 1 aromatic heterocycles. The van der Waals surface area contributed by atoms with Crippen molar-refractivity contribution in [1.82, 2.24) is 14.8 Å². The van der Waals surface area contributed by atoms with E-state index in [4.69, 9.17) is 21.1 Å². The molecule has 29 heavy (non-hydrogen) atoms. The molecule has 2 rings (SSSR count). The molecule has 9 heteroatoms. The van der Waals surface area contributed by atoms with Gasteiger partial charge in [0.25, 0.3) is 0 Å². The first kappa shape index (κ1) is 25.4. The van der Waals surface area contributed by atoms with Gasteiger partial charge in [0.05, 0.1) is 38.4 Å². The van der Waals surface area contributed by atoms with Crippen molar-refractivity contribution >= 4 is 41.5 Å². The van der Waals surface area contributed by atoms with Crippen LogP contribution in [0.4, 0.5) is 0 Å². The van der Waals surface area contributed by atoms with Gasteiger partial charge in [0.15, 0.2) is 5.96 Å². The zero-order chi connectivity index (χ0) is 20.7. The summed E-state index contributed by atoms with van der Waals surface area (Å²) in [5, 5.41) is 14.6. The Bertz CT molecular complexity index is 791. The molecule has 0 aliphatic carbocycles. The van der Waals surface area contributed by atoms with Crippen molar-refractivity contribution in [1.29, 1.82) is 0 Å². The van der Waals surface area contributed by atoms with Gasteiger partial charge in [0.2, 0.25) is 0 Å². The summed E-state index contributed by atoms with van der Waals surface area (Å²) < 4.78 is 12.5. The van der Waals surface area contributed by atoms with Crippen LogP contribution in [0.5, 0.6) is 11.5 Å². The first-order chi connectivity index (χ1) is 13.4. The Morgan fingerprint density at radius 1 is 1.24 bits per heavy atom. The van der Waals surface area contributed by atoms with Crippen molar-refractivity contribution < 1.29 is 14.6 Å². The van der Waals surface area contributed by atoms with Gasteiger partial charge in [0, 0.05) is 38.6 Å². The minimum Gasteiger partial charge on any atom is -0.497 e. The molecule has 7 nitrogen and oxygen atoms in total. The molecular formula is C20H30ClIN4O3.